The molecule has 188 valence electrons. The Bertz CT molecular complexity index is 1240. The molecule has 0 aliphatic rings. The van der Waals surface area contributed by atoms with Gasteiger partial charge in [-0.25, -0.2) is 5.43 Å². The second-order valence-electron chi connectivity index (χ2n) is 7.63. The molecule has 3 rings (SSSR count). The van der Waals surface area contributed by atoms with E-state index in [0.717, 1.165) is 27.7 Å². The third-order valence-corrected chi connectivity index (χ3v) is 5.48. The Balaban J connectivity index is 1.79. The molecule has 0 aromatic heterocycles. The molecule has 0 radical (unpaired) electrons. The van der Waals surface area contributed by atoms with Gasteiger partial charge in [-0.15, -0.1) is 6.58 Å². The van der Waals surface area contributed by atoms with Gasteiger partial charge in [-0.1, -0.05) is 40.2 Å². The molecule has 1 N–H and O–H groups in total. The molecule has 0 heterocycles. The van der Waals surface area contributed by atoms with Crippen LogP contribution in [0.1, 0.15) is 39.5 Å². The van der Waals surface area contributed by atoms with Crippen molar-refractivity contribution < 1.29 is 27.4 Å². The van der Waals surface area contributed by atoms with E-state index in [9.17, 15) is 18.0 Å². The summed E-state index contributed by atoms with van der Waals surface area (Å²) in [6, 6.07) is 15.4. The molecule has 0 aliphatic carbocycles. The van der Waals surface area contributed by atoms with Crippen molar-refractivity contribution >= 4 is 28.1 Å². The first kappa shape index (κ1) is 27.0. The number of hydrazone groups is 1. The molecule has 1 amide bonds. The molecule has 0 atom stereocenters. The quantitative estimate of drug-likeness (QED) is 0.166. The molecule has 0 aliphatic heterocycles. The molecule has 0 spiro atoms. The summed E-state index contributed by atoms with van der Waals surface area (Å²) in [6.07, 6.45) is -0.932. The highest BCUT2D eigenvalue weighted by Crippen LogP contribution is 2.34. The number of nitrogens with zero attached hydrogens (tertiary/aromatic N) is 1. The highest BCUT2D eigenvalue weighted by atomic mass is 79.9. The predicted molar refractivity (Wildman–Crippen MR) is 136 cm³/mol. The third-order valence-electron chi connectivity index (χ3n) is 4.95. The number of hydrogen-bond donors (Lipinski definition) is 1. The number of rotatable bonds is 10. The number of ether oxygens (including phenoxy) is 2. The number of nitrogens with one attached hydrogen (secondary N) is 1. The number of alkyl halides is 3. The average molecular weight is 561 g/mol. The third kappa shape index (κ3) is 7.45. The van der Waals surface area contributed by atoms with E-state index in [1.54, 1.807) is 12.1 Å². The van der Waals surface area contributed by atoms with Crippen LogP contribution >= 0.6 is 15.9 Å². The zero-order chi connectivity index (χ0) is 26.1. The Morgan fingerprint density at radius 2 is 1.86 bits per heavy atom. The van der Waals surface area contributed by atoms with E-state index >= 15 is 0 Å². The number of benzene rings is 3. The van der Waals surface area contributed by atoms with Crippen LogP contribution in [-0.4, -0.2) is 18.7 Å². The Labute approximate surface area is 215 Å². The standard InChI is InChI=1S/C27H24BrF3N2O3/c1-3-6-20-13-19(16-32-33-26(34)21-7-5-8-22(15-21)27(29,30)31)14-24(35-4-2)25(20)36-17-18-9-11-23(28)12-10-18/h3,5,7-16H,1,4,6,17H2,2H3,(H,33,34)/b32-16-. The van der Waals surface area contributed by atoms with Gasteiger partial charge in [0.2, 0.25) is 0 Å². The lowest BCUT2D eigenvalue weighted by Crippen LogP contribution is -2.18. The molecule has 0 unspecified atom stereocenters. The summed E-state index contributed by atoms with van der Waals surface area (Å²) in [6.45, 7) is 6.38. The van der Waals surface area contributed by atoms with Gasteiger partial charge < -0.3 is 9.47 Å². The van der Waals surface area contributed by atoms with Gasteiger partial charge in [0.05, 0.1) is 18.4 Å². The van der Waals surface area contributed by atoms with Crippen molar-refractivity contribution in [1.82, 2.24) is 5.43 Å². The molecular formula is C27H24BrF3N2O3. The monoisotopic (exact) mass is 560 g/mol. The molecule has 36 heavy (non-hydrogen) atoms. The van der Waals surface area contributed by atoms with Gasteiger partial charge in [0.15, 0.2) is 11.5 Å². The predicted octanol–water partition coefficient (Wildman–Crippen LogP) is 6.94. The van der Waals surface area contributed by atoms with Crippen LogP contribution in [0, 0.1) is 0 Å². The van der Waals surface area contributed by atoms with Gasteiger partial charge in [0.1, 0.15) is 6.61 Å². The Hall–Kier alpha value is -3.59. The van der Waals surface area contributed by atoms with Crippen LogP contribution in [0.25, 0.3) is 0 Å². The van der Waals surface area contributed by atoms with Crippen LogP contribution < -0.4 is 14.9 Å². The minimum Gasteiger partial charge on any atom is -0.490 e. The topological polar surface area (TPSA) is 59.9 Å². The summed E-state index contributed by atoms with van der Waals surface area (Å²) in [5, 5.41) is 3.91. The van der Waals surface area contributed by atoms with Crippen molar-refractivity contribution in [3.8, 4) is 11.5 Å². The van der Waals surface area contributed by atoms with Crippen molar-refractivity contribution in [2.45, 2.75) is 26.1 Å². The number of amides is 1. The smallest absolute Gasteiger partial charge is 0.416 e. The summed E-state index contributed by atoms with van der Waals surface area (Å²) in [7, 11) is 0. The molecular weight excluding hydrogens is 537 g/mol. The number of allylic oxidation sites excluding steroid dienone is 1. The average Bonchev–Trinajstić information content (AvgIpc) is 2.84. The normalized spacial score (nSPS) is 11.4. The molecule has 0 bridgehead atoms. The maximum Gasteiger partial charge on any atom is 0.416 e. The van der Waals surface area contributed by atoms with Gasteiger partial charge >= 0.3 is 6.18 Å². The molecule has 3 aromatic carbocycles. The Morgan fingerprint density at radius 1 is 1.11 bits per heavy atom. The number of carbonyl (C=O) groups excluding carboxylic acids is 1. The second-order valence-corrected chi connectivity index (χ2v) is 8.54. The molecule has 5 nitrogen and oxygen atoms in total. The highest BCUT2D eigenvalue weighted by molar-refractivity contribution is 9.10. The first-order valence-corrected chi connectivity index (χ1v) is 11.8. The van der Waals surface area contributed by atoms with Crippen molar-refractivity contribution in [2.24, 2.45) is 5.10 Å². The van der Waals surface area contributed by atoms with Crippen molar-refractivity contribution in [3.63, 3.8) is 0 Å². The SMILES string of the molecule is C=CCc1cc(/C=N\NC(=O)c2cccc(C(F)(F)F)c2)cc(OCC)c1OCc1ccc(Br)cc1. The van der Waals surface area contributed by atoms with Crippen LogP contribution in [0.4, 0.5) is 13.2 Å². The lowest BCUT2D eigenvalue weighted by Gasteiger charge is -2.17. The van der Waals surface area contributed by atoms with Gasteiger partial charge in [0, 0.05) is 15.6 Å². The Kier molecular flexibility index (Phi) is 9.30. The van der Waals surface area contributed by atoms with E-state index in [2.05, 4.69) is 33.0 Å². The van der Waals surface area contributed by atoms with E-state index in [1.165, 1.54) is 18.3 Å². The molecule has 0 saturated heterocycles. The maximum atomic E-state index is 12.9. The van der Waals surface area contributed by atoms with E-state index in [-0.39, 0.29) is 5.56 Å². The number of hydrogen-bond acceptors (Lipinski definition) is 4. The van der Waals surface area contributed by atoms with Crippen LogP contribution in [0.2, 0.25) is 0 Å². The summed E-state index contributed by atoms with van der Waals surface area (Å²) < 4.78 is 51.6. The minimum atomic E-state index is -4.54. The van der Waals surface area contributed by atoms with Crippen LogP contribution in [0.3, 0.4) is 0 Å². The van der Waals surface area contributed by atoms with E-state index in [1.807, 2.05) is 37.3 Å². The maximum absolute atomic E-state index is 12.9. The summed E-state index contributed by atoms with van der Waals surface area (Å²) in [5.41, 5.74) is 3.59. The molecule has 3 aromatic rings. The van der Waals surface area contributed by atoms with Crippen molar-refractivity contribution in [2.75, 3.05) is 6.61 Å². The minimum absolute atomic E-state index is 0.152. The number of carbonyl (C=O) groups is 1. The first-order chi connectivity index (χ1) is 17.2. The van der Waals surface area contributed by atoms with E-state index < -0.39 is 17.6 Å². The highest BCUT2D eigenvalue weighted by Gasteiger charge is 2.30. The fraction of sp³-hybridized carbons (Fsp3) is 0.185. The lowest BCUT2D eigenvalue weighted by atomic mass is 10.1. The first-order valence-electron chi connectivity index (χ1n) is 11.0. The number of halogens is 4. The van der Waals surface area contributed by atoms with E-state index in [0.29, 0.717) is 36.7 Å². The van der Waals surface area contributed by atoms with Crippen LogP contribution in [0.5, 0.6) is 11.5 Å². The van der Waals surface area contributed by atoms with Gasteiger partial charge in [-0.2, -0.15) is 18.3 Å². The van der Waals surface area contributed by atoms with Gasteiger partial charge in [-0.05, 0) is 66.9 Å². The fourth-order valence-electron chi connectivity index (χ4n) is 3.29. The van der Waals surface area contributed by atoms with Crippen molar-refractivity contribution in [3.05, 3.63) is 106 Å². The summed E-state index contributed by atoms with van der Waals surface area (Å²) in [5.74, 6) is 0.313. The van der Waals surface area contributed by atoms with Crippen LogP contribution in [0.15, 0.2) is 82.9 Å². The zero-order valence-corrected chi connectivity index (χ0v) is 21.0. The molecule has 0 saturated carbocycles. The van der Waals surface area contributed by atoms with E-state index in [4.69, 9.17) is 9.47 Å². The van der Waals surface area contributed by atoms with Gasteiger partial charge in [0.25, 0.3) is 5.91 Å². The van der Waals surface area contributed by atoms with Gasteiger partial charge in [-0.3, -0.25) is 4.79 Å². The lowest BCUT2D eigenvalue weighted by molar-refractivity contribution is -0.137. The second kappa shape index (κ2) is 12.4. The van der Waals surface area contributed by atoms with Crippen LogP contribution in [-0.2, 0) is 19.2 Å². The Morgan fingerprint density at radius 3 is 2.53 bits per heavy atom. The largest absolute Gasteiger partial charge is 0.490 e. The van der Waals surface area contributed by atoms with Crippen molar-refractivity contribution in [1.29, 1.82) is 0 Å². The molecule has 9 heteroatoms. The summed E-state index contributed by atoms with van der Waals surface area (Å²) in [4.78, 5) is 12.3. The zero-order valence-electron chi connectivity index (χ0n) is 19.4. The summed E-state index contributed by atoms with van der Waals surface area (Å²) >= 11 is 3.41. The molecule has 0 fully saturated rings. The fourth-order valence-corrected chi connectivity index (χ4v) is 3.56.